The van der Waals surface area contributed by atoms with Crippen molar-refractivity contribution >= 4 is 40.7 Å². The van der Waals surface area contributed by atoms with E-state index in [9.17, 15) is 4.79 Å². The van der Waals surface area contributed by atoms with Crippen molar-refractivity contribution in [3.8, 4) is 0 Å². The van der Waals surface area contributed by atoms with E-state index >= 15 is 0 Å². The molecule has 196 valence electrons. The molecule has 2 N–H and O–H groups in total. The molecule has 0 spiro atoms. The number of aromatic amines is 1. The molecule has 5 rings (SSSR count). The average Bonchev–Trinajstić information content (AvgIpc) is 3.36. The van der Waals surface area contributed by atoms with Gasteiger partial charge in [-0.1, -0.05) is 18.2 Å². The van der Waals surface area contributed by atoms with Crippen molar-refractivity contribution < 1.29 is 4.79 Å². The second-order valence-corrected chi connectivity index (χ2v) is 10.8. The highest BCUT2D eigenvalue weighted by Crippen LogP contribution is 2.25. The Hall–Kier alpha value is -3.46. The van der Waals surface area contributed by atoms with Crippen LogP contribution in [-0.2, 0) is 6.54 Å². The Morgan fingerprint density at radius 1 is 1.05 bits per heavy atom. The summed E-state index contributed by atoms with van der Waals surface area (Å²) in [7, 11) is 2.17. The number of thioether (sulfide) groups is 1. The van der Waals surface area contributed by atoms with Crippen LogP contribution < -0.4 is 5.32 Å². The van der Waals surface area contributed by atoms with Crippen molar-refractivity contribution in [1.82, 2.24) is 30.3 Å². The molecular weight excluding hydrogens is 492 g/mol. The predicted octanol–water partition coefficient (Wildman–Crippen LogP) is 4.79. The van der Waals surface area contributed by atoms with Crippen LogP contribution in [0.15, 0.2) is 71.8 Å². The number of amides is 1. The van der Waals surface area contributed by atoms with Crippen LogP contribution in [0.4, 0.5) is 0 Å². The summed E-state index contributed by atoms with van der Waals surface area (Å²) in [5.74, 6) is 0.919. The van der Waals surface area contributed by atoms with E-state index in [0.29, 0.717) is 6.54 Å². The number of likely N-dealkylation sites (N-methyl/N-ethyl adjacent to an activating group) is 1. The van der Waals surface area contributed by atoms with Gasteiger partial charge in [-0.3, -0.25) is 19.8 Å². The third-order valence-corrected chi connectivity index (χ3v) is 7.84. The largest absolute Gasteiger partial charge is 0.352 e. The number of carbonyl (C=O) groups is 1. The number of rotatable bonds is 10. The smallest absolute Gasteiger partial charge is 0.251 e. The monoisotopic (exact) mass is 526 g/mol. The fourth-order valence-corrected chi connectivity index (χ4v) is 5.36. The molecule has 1 amide bonds. The molecule has 7 nitrogen and oxygen atoms in total. The van der Waals surface area contributed by atoms with Crippen LogP contribution in [0.1, 0.15) is 33.7 Å². The predicted molar refractivity (Wildman–Crippen MR) is 156 cm³/mol. The number of nitrogens with zero attached hydrogens (tertiary/aromatic N) is 4. The molecule has 2 aromatic carbocycles. The molecule has 0 aliphatic carbocycles. The number of nitrogens with one attached hydrogen (secondary N) is 2. The van der Waals surface area contributed by atoms with E-state index in [2.05, 4.69) is 67.7 Å². The Morgan fingerprint density at radius 3 is 2.68 bits per heavy atom. The minimum absolute atomic E-state index is 0.00804. The van der Waals surface area contributed by atoms with E-state index in [4.69, 9.17) is 0 Å². The molecule has 0 bridgehead atoms. The lowest BCUT2D eigenvalue weighted by atomic mass is 10.1. The van der Waals surface area contributed by atoms with Crippen LogP contribution in [0.3, 0.4) is 0 Å². The van der Waals surface area contributed by atoms with Crippen LogP contribution in [0.2, 0.25) is 0 Å². The quantitative estimate of drug-likeness (QED) is 0.229. The lowest BCUT2D eigenvalue weighted by molar-refractivity contribution is 0.0953. The lowest BCUT2D eigenvalue weighted by Gasteiger charge is -2.32. The topological polar surface area (TPSA) is 77.2 Å². The Labute approximate surface area is 228 Å². The fourth-order valence-electron chi connectivity index (χ4n) is 4.47. The van der Waals surface area contributed by atoms with Crippen LogP contribution in [0.25, 0.3) is 23.1 Å². The number of benzene rings is 2. The van der Waals surface area contributed by atoms with Crippen molar-refractivity contribution in [1.29, 1.82) is 0 Å². The van der Waals surface area contributed by atoms with Crippen molar-refractivity contribution in [3.63, 3.8) is 0 Å². The first-order chi connectivity index (χ1) is 18.6. The molecule has 3 heterocycles. The van der Waals surface area contributed by atoms with E-state index < -0.39 is 0 Å². The zero-order valence-electron chi connectivity index (χ0n) is 21.8. The first-order valence-corrected chi connectivity index (χ1v) is 14.1. The summed E-state index contributed by atoms with van der Waals surface area (Å²) in [5, 5.41) is 11.7. The van der Waals surface area contributed by atoms with Gasteiger partial charge in [0.25, 0.3) is 5.91 Å². The molecule has 0 saturated carbocycles. The number of H-pyrrole nitrogens is 1. The third-order valence-electron chi connectivity index (χ3n) is 6.76. The summed E-state index contributed by atoms with van der Waals surface area (Å²) in [6, 6.07) is 20.2. The summed E-state index contributed by atoms with van der Waals surface area (Å²) in [6.07, 6.45) is 6.63. The maximum absolute atomic E-state index is 12.6. The van der Waals surface area contributed by atoms with Gasteiger partial charge in [-0.05, 0) is 79.4 Å². The van der Waals surface area contributed by atoms with Gasteiger partial charge in [-0.15, -0.1) is 11.8 Å². The summed E-state index contributed by atoms with van der Waals surface area (Å²) < 4.78 is 0. The summed E-state index contributed by atoms with van der Waals surface area (Å²) >= 11 is 1.79. The number of piperazine rings is 1. The first kappa shape index (κ1) is 26.2. The number of carbonyl (C=O) groups excluding carboxylic acids is 1. The van der Waals surface area contributed by atoms with Gasteiger partial charge in [0, 0.05) is 61.3 Å². The van der Waals surface area contributed by atoms with Gasteiger partial charge < -0.3 is 10.2 Å². The van der Waals surface area contributed by atoms with E-state index in [1.165, 1.54) is 10.5 Å². The number of aromatic nitrogens is 3. The van der Waals surface area contributed by atoms with Crippen molar-refractivity contribution in [3.05, 3.63) is 89.4 Å². The number of hydrogen-bond donors (Lipinski definition) is 2. The maximum atomic E-state index is 12.6. The average molecular weight is 527 g/mol. The number of fused-ring (bicyclic) bond motifs is 1. The van der Waals surface area contributed by atoms with Crippen molar-refractivity contribution in [2.24, 2.45) is 0 Å². The van der Waals surface area contributed by atoms with Gasteiger partial charge in [0.1, 0.15) is 0 Å². The molecular formula is C30H34N6OS. The van der Waals surface area contributed by atoms with E-state index in [0.717, 1.165) is 72.8 Å². The van der Waals surface area contributed by atoms with E-state index in [-0.39, 0.29) is 5.91 Å². The van der Waals surface area contributed by atoms with E-state index in [1.807, 2.05) is 42.5 Å². The number of hydrogen-bond acceptors (Lipinski definition) is 6. The zero-order valence-corrected chi connectivity index (χ0v) is 22.6. The van der Waals surface area contributed by atoms with Crippen LogP contribution in [-0.4, -0.2) is 76.4 Å². The van der Waals surface area contributed by atoms with E-state index in [1.54, 1.807) is 18.0 Å². The Kier molecular flexibility index (Phi) is 8.86. The molecule has 4 aromatic rings. The van der Waals surface area contributed by atoms with Gasteiger partial charge in [-0.2, -0.15) is 5.10 Å². The molecule has 8 heteroatoms. The molecule has 38 heavy (non-hydrogen) atoms. The number of pyridine rings is 1. The third kappa shape index (κ3) is 7.10. The van der Waals surface area contributed by atoms with Gasteiger partial charge in [0.2, 0.25) is 0 Å². The molecule has 1 aliphatic rings. The van der Waals surface area contributed by atoms with Gasteiger partial charge in [-0.25, -0.2) is 0 Å². The minimum Gasteiger partial charge on any atom is -0.352 e. The van der Waals surface area contributed by atoms with Gasteiger partial charge in [0.15, 0.2) is 0 Å². The highest BCUT2D eigenvalue weighted by Gasteiger charge is 2.14. The molecule has 1 fully saturated rings. The zero-order chi connectivity index (χ0) is 26.2. The Morgan fingerprint density at radius 2 is 1.89 bits per heavy atom. The van der Waals surface area contributed by atoms with Crippen LogP contribution in [0, 0.1) is 0 Å². The minimum atomic E-state index is -0.00804. The van der Waals surface area contributed by atoms with Crippen molar-refractivity contribution in [2.45, 2.75) is 17.9 Å². The SMILES string of the molecule is CN1CCN(Cc2ccc(C(=O)NCCCSc3ccc4c(C=Cc5ccccn5)n[nH]c4c3)cc2)CC1. The molecule has 0 unspecified atom stereocenters. The van der Waals surface area contributed by atoms with Crippen LogP contribution >= 0.6 is 11.8 Å². The standard InChI is InChI=1S/C30H34N6OS/c1-35-16-18-36(19-17-35)22-23-6-8-24(9-7-23)30(37)32-15-4-20-38-26-11-12-27-28(33-34-29(27)21-26)13-10-25-5-2-3-14-31-25/h2-3,5-14,21H,4,15-20,22H2,1H3,(H,32,37)(H,33,34). The Bertz CT molecular complexity index is 1360. The fraction of sp³-hybridized carbons (Fsp3) is 0.300. The molecule has 0 radical (unpaired) electrons. The normalized spacial score (nSPS) is 14.9. The molecule has 1 saturated heterocycles. The second kappa shape index (κ2) is 12.9. The first-order valence-electron chi connectivity index (χ1n) is 13.1. The maximum Gasteiger partial charge on any atom is 0.251 e. The van der Waals surface area contributed by atoms with Gasteiger partial charge >= 0.3 is 0 Å². The summed E-state index contributed by atoms with van der Waals surface area (Å²) in [5.41, 5.74) is 4.80. The Balaban J connectivity index is 1.04. The molecule has 2 aromatic heterocycles. The second-order valence-electron chi connectivity index (χ2n) is 9.64. The van der Waals surface area contributed by atoms with Gasteiger partial charge in [0.05, 0.1) is 16.9 Å². The summed E-state index contributed by atoms with van der Waals surface area (Å²) in [4.78, 5) is 22.9. The summed E-state index contributed by atoms with van der Waals surface area (Å²) in [6.45, 7) is 6.02. The van der Waals surface area contributed by atoms with Crippen LogP contribution in [0.5, 0.6) is 0 Å². The highest BCUT2D eigenvalue weighted by atomic mass is 32.2. The molecule has 0 atom stereocenters. The molecule has 1 aliphatic heterocycles. The van der Waals surface area contributed by atoms with Crippen molar-refractivity contribution in [2.75, 3.05) is 45.5 Å². The lowest BCUT2D eigenvalue weighted by Crippen LogP contribution is -2.43. The highest BCUT2D eigenvalue weighted by molar-refractivity contribution is 7.99.